The van der Waals surface area contributed by atoms with E-state index in [2.05, 4.69) is 0 Å². The van der Waals surface area contributed by atoms with E-state index in [4.69, 9.17) is 5.26 Å². The van der Waals surface area contributed by atoms with E-state index in [1.807, 2.05) is 0 Å². The minimum Gasteiger partial charge on any atom is -0.199 e. The lowest BCUT2D eigenvalue weighted by atomic mass is 11.0. The smallest absolute Gasteiger partial charge is 0.0587 e. The lowest BCUT2D eigenvalue weighted by molar-refractivity contribution is 1.49. The van der Waals surface area contributed by atoms with Crippen LogP contribution in [0.25, 0.3) is 0 Å². The number of hydrogen-bond donors (Lipinski definition) is 0. The fourth-order valence-corrected chi connectivity index (χ4v) is 0. The summed E-state index contributed by atoms with van der Waals surface area (Å²) in [7, 11) is 0. The van der Waals surface area contributed by atoms with Crippen molar-refractivity contribution in [2.45, 2.75) is 6.92 Å². The summed E-state index contributed by atoms with van der Waals surface area (Å²) < 4.78 is 0. The van der Waals surface area contributed by atoms with Crippen LogP contribution in [0.2, 0.25) is 0 Å². The van der Waals surface area contributed by atoms with Gasteiger partial charge in [0.2, 0.25) is 0 Å². The van der Waals surface area contributed by atoms with Crippen molar-refractivity contribution in [2.75, 3.05) is 0 Å². The highest BCUT2D eigenvalue weighted by Crippen LogP contribution is 1.21. The molecule has 2 radical (unpaired) electrons. The Morgan fingerprint density at radius 1 is 1.75 bits per heavy atom. The molecule has 2 heteroatoms. The van der Waals surface area contributed by atoms with Gasteiger partial charge in [-0.05, 0) is 0 Å². The average Bonchev–Trinajstić information content (AvgIpc) is 0.918. The first kappa shape index (κ1) is 8.87. The van der Waals surface area contributed by atoms with E-state index in [9.17, 15) is 0 Å². The first-order valence-electron chi connectivity index (χ1n) is 0.724. The van der Waals surface area contributed by atoms with Crippen molar-refractivity contribution in [3.05, 3.63) is 0 Å². The summed E-state index contributed by atoms with van der Waals surface area (Å²) in [5.41, 5.74) is 0. The molecule has 1 nitrogen and oxygen atoms in total. The van der Waals surface area contributed by atoms with Crippen LogP contribution in [-0.2, 0) is 0 Å². The van der Waals surface area contributed by atoms with Gasteiger partial charge < -0.3 is 0 Å². The molecule has 0 spiro atoms. The van der Waals surface area contributed by atoms with Crippen LogP contribution in [-0.4, -0.2) is 23.1 Å². The summed E-state index contributed by atoms with van der Waals surface area (Å²) >= 11 is 0. The second kappa shape index (κ2) is 10.5. The zero-order valence-corrected chi connectivity index (χ0v) is 4.07. The van der Waals surface area contributed by atoms with Crippen LogP contribution in [0, 0.1) is 11.3 Å². The third kappa shape index (κ3) is 54.2. The highest BCUT2D eigenvalue weighted by atomic mass is 24.3. The Morgan fingerprint density at radius 2 is 1.75 bits per heavy atom. The van der Waals surface area contributed by atoms with Crippen LogP contribution < -0.4 is 0 Å². The van der Waals surface area contributed by atoms with Gasteiger partial charge >= 0.3 is 0 Å². The third-order valence-corrected chi connectivity index (χ3v) is 0. The second-order valence-corrected chi connectivity index (χ2v) is 0.224. The molecule has 0 N–H and O–H groups in total. The molecule has 4 heavy (non-hydrogen) atoms. The maximum absolute atomic E-state index is 7.32. The van der Waals surface area contributed by atoms with E-state index in [-0.39, 0.29) is 23.1 Å². The van der Waals surface area contributed by atoms with Crippen molar-refractivity contribution < 1.29 is 0 Å². The Hall–Kier alpha value is 0.256. The topological polar surface area (TPSA) is 23.8 Å². The van der Waals surface area contributed by atoms with Gasteiger partial charge in [0.25, 0.3) is 0 Å². The van der Waals surface area contributed by atoms with E-state index in [0.717, 1.165) is 0 Å². The first-order chi connectivity index (χ1) is 1.41. The zero-order chi connectivity index (χ0) is 2.71. The number of rotatable bonds is 0. The predicted octanol–water partition coefficient (Wildman–Crippen LogP) is 0.149. The van der Waals surface area contributed by atoms with E-state index in [1.54, 1.807) is 6.07 Å². The number of nitrogens with zero attached hydrogens (tertiary/aromatic N) is 1. The van der Waals surface area contributed by atoms with E-state index in [1.165, 1.54) is 6.92 Å². The molecule has 0 rings (SSSR count). The average molecular weight is 65.4 g/mol. The molecule has 0 aliphatic heterocycles. The molecule has 0 fully saturated rings. The van der Waals surface area contributed by atoms with Crippen molar-refractivity contribution in [3.63, 3.8) is 0 Å². The quantitative estimate of drug-likeness (QED) is 0.369. The molecule has 0 unspecified atom stereocenters. The summed E-state index contributed by atoms with van der Waals surface area (Å²) in [5, 5.41) is 7.32. The van der Waals surface area contributed by atoms with Crippen molar-refractivity contribution in [1.82, 2.24) is 0 Å². The van der Waals surface area contributed by atoms with Crippen LogP contribution in [0.1, 0.15) is 6.92 Å². The number of nitriles is 1. The summed E-state index contributed by atoms with van der Waals surface area (Å²) in [4.78, 5) is 0. The Balaban J connectivity index is 0. The summed E-state index contributed by atoms with van der Waals surface area (Å²) in [5.74, 6) is 0. The molecular weight excluding hydrogens is 62.3 g/mol. The summed E-state index contributed by atoms with van der Waals surface area (Å²) in [6.45, 7) is 1.43. The molecule has 0 aromatic heterocycles. The minimum absolute atomic E-state index is 0. The molecule has 0 amide bonds. The van der Waals surface area contributed by atoms with Crippen LogP contribution in [0.3, 0.4) is 0 Å². The Morgan fingerprint density at radius 3 is 1.75 bits per heavy atom. The lowest BCUT2D eigenvalue weighted by Gasteiger charge is -1.15. The third-order valence-electron chi connectivity index (χ3n) is 0. The van der Waals surface area contributed by atoms with Crippen molar-refractivity contribution in [2.24, 2.45) is 0 Å². The molecular formula is C2H3MgN. The van der Waals surface area contributed by atoms with E-state index in [0.29, 0.717) is 0 Å². The van der Waals surface area contributed by atoms with Gasteiger partial charge in [0, 0.05) is 30.0 Å². The molecule has 0 aromatic rings. The molecule has 0 bridgehead atoms. The predicted molar refractivity (Wildman–Crippen MR) is 17.0 cm³/mol. The Kier molecular flexibility index (Phi) is 23.3. The fraction of sp³-hybridized carbons (Fsp3) is 0.500. The number of hydrogen-bond acceptors (Lipinski definition) is 1. The standard InChI is InChI=1S/C2H3N.Mg/c1-2-3;/h1H3;. The molecule has 0 aliphatic rings. The Bertz CT molecular complexity index is 27.5. The normalized spacial score (nSPS) is 2.00. The summed E-state index contributed by atoms with van der Waals surface area (Å²) in [6, 6.07) is 1.75. The van der Waals surface area contributed by atoms with Crippen LogP contribution in [0.15, 0.2) is 0 Å². The molecule has 0 saturated heterocycles. The van der Waals surface area contributed by atoms with Crippen molar-refractivity contribution >= 4 is 23.1 Å². The van der Waals surface area contributed by atoms with Gasteiger partial charge in [0.15, 0.2) is 0 Å². The monoisotopic (exact) mass is 65.0 g/mol. The summed E-state index contributed by atoms with van der Waals surface area (Å²) in [6.07, 6.45) is 0. The highest BCUT2D eigenvalue weighted by Gasteiger charge is 1.17. The van der Waals surface area contributed by atoms with Gasteiger partial charge in [-0.1, -0.05) is 0 Å². The maximum Gasteiger partial charge on any atom is 0.0587 e. The van der Waals surface area contributed by atoms with Crippen molar-refractivity contribution in [1.29, 1.82) is 5.26 Å². The van der Waals surface area contributed by atoms with Crippen LogP contribution in [0.5, 0.6) is 0 Å². The van der Waals surface area contributed by atoms with Gasteiger partial charge in [-0.25, -0.2) is 0 Å². The Labute approximate surface area is 41.8 Å². The van der Waals surface area contributed by atoms with Crippen molar-refractivity contribution in [3.8, 4) is 6.07 Å². The second-order valence-electron chi connectivity index (χ2n) is 0.224. The molecule has 0 aromatic carbocycles. The molecule has 18 valence electrons. The maximum atomic E-state index is 7.32. The molecule has 0 aliphatic carbocycles. The van der Waals surface area contributed by atoms with Gasteiger partial charge in [-0.2, -0.15) is 5.26 Å². The lowest BCUT2D eigenvalue weighted by Crippen LogP contribution is -1.10. The largest absolute Gasteiger partial charge is 0.199 e. The van der Waals surface area contributed by atoms with Gasteiger partial charge in [0.1, 0.15) is 0 Å². The zero-order valence-electron chi connectivity index (χ0n) is 2.65. The van der Waals surface area contributed by atoms with Crippen LogP contribution in [0.4, 0.5) is 0 Å². The van der Waals surface area contributed by atoms with Crippen LogP contribution >= 0.6 is 0 Å². The van der Waals surface area contributed by atoms with Gasteiger partial charge in [-0.3, -0.25) is 0 Å². The van der Waals surface area contributed by atoms with Gasteiger partial charge in [-0.15, -0.1) is 0 Å². The highest BCUT2D eigenvalue weighted by molar-refractivity contribution is 5.75. The first-order valence-corrected chi connectivity index (χ1v) is 0.724. The van der Waals surface area contributed by atoms with Gasteiger partial charge in [0.05, 0.1) is 6.07 Å². The van der Waals surface area contributed by atoms with E-state index < -0.39 is 0 Å². The minimum atomic E-state index is 0. The van der Waals surface area contributed by atoms with E-state index >= 15 is 0 Å². The molecule has 0 atom stereocenters. The molecule has 0 heterocycles. The SMILES string of the molecule is CC#N.[Mg]. The fourth-order valence-electron chi connectivity index (χ4n) is 0. The molecule has 0 saturated carbocycles.